The van der Waals surface area contributed by atoms with E-state index in [0.717, 1.165) is 49.4 Å². The van der Waals surface area contributed by atoms with Crippen LogP contribution in [0.2, 0.25) is 0 Å². The van der Waals surface area contributed by atoms with Crippen molar-refractivity contribution in [2.45, 2.75) is 31.0 Å². The van der Waals surface area contributed by atoms with Gasteiger partial charge < -0.3 is 15.4 Å². The van der Waals surface area contributed by atoms with Crippen molar-refractivity contribution in [3.63, 3.8) is 0 Å². The first-order valence-corrected chi connectivity index (χ1v) is 7.55. The van der Waals surface area contributed by atoms with Crippen LogP contribution in [0.3, 0.4) is 0 Å². The number of nitrogens with zero attached hydrogens (tertiary/aromatic N) is 2. The maximum atomic E-state index is 5.46. The summed E-state index contributed by atoms with van der Waals surface area (Å²) in [6.07, 6.45) is 4.23. The lowest BCUT2D eigenvalue weighted by Crippen LogP contribution is -2.30. The highest BCUT2D eigenvalue weighted by atomic mass is 32.2. The molecule has 0 bridgehead atoms. The minimum absolute atomic E-state index is 0.359. The van der Waals surface area contributed by atoms with Crippen LogP contribution in [0.4, 0.5) is 11.6 Å². The van der Waals surface area contributed by atoms with Gasteiger partial charge in [0.05, 0.1) is 12.6 Å². The molecule has 1 aromatic rings. The first kappa shape index (κ1) is 13.4. The molecule has 18 heavy (non-hydrogen) atoms. The van der Waals surface area contributed by atoms with E-state index in [1.165, 1.54) is 0 Å². The van der Waals surface area contributed by atoms with E-state index in [1.54, 1.807) is 11.8 Å². The summed E-state index contributed by atoms with van der Waals surface area (Å²) in [7, 11) is 0. The molecule has 1 unspecified atom stereocenters. The monoisotopic (exact) mass is 268 g/mol. The standard InChI is InChI=1S/C12H20N4OS/c1-3-13-10-7-11(16-12(15-10)18-2)14-9-5-4-6-17-8-9/h7,9H,3-6,8H2,1-2H3,(H2,13,14,15,16). The Bertz CT molecular complexity index is 382. The first-order valence-electron chi connectivity index (χ1n) is 6.33. The molecule has 2 heterocycles. The fourth-order valence-electron chi connectivity index (χ4n) is 1.93. The number of aromatic nitrogens is 2. The number of ether oxygens (including phenoxy) is 1. The average molecular weight is 268 g/mol. The summed E-state index contributed by atoms with van der Waals surface area (Å²) in [4.78, 5) is 8.88. The maximum absolute atomic E-state index is 5.46. The number of nitrogens with one attached hydrogen (secondary N) is 2. The van der Waals surface area contributed by atoms with E-state index < -0.39 is 0 Å². The third-order valence-electron chi connectivity index (χ3n) is 2.76. The Morgan fingerprint density at radius 1 is 1.44 bits per heavy atom. The van der Waals surface area contributed by atoms with Gasteiger partial charge in [-0.15, -0.1) is 0 Å². The summed E-state index contributed by atoms with van der Waals surface area (Å²) in [5.74, 6) is 1.75. The summed E-state index contributed by atoms with van der Waals surface area (Å²) >= 11 is 1.55. The van der Waals surface area contributed by atoms with Gasteiger partial charge in [0.25, 0.3) is 0 Å². The van der Waals surface area contributed by atoms with Gasteiger partial charge in [-0.1, -0.05) is 11.8 Å². The normalized spacial score (nSPS) is 19.6. The molecule has 1 aromatic heterocycles. The third kappa shape index (κ3) is 3.74. The third-order valence-corrected chi connectivity index (χ3v) is 3.31. The molecule has 0 spiro atoms. The minimum Gasteiger partial charge on any atom is -0.379 e. The van der Waals surface area contributed by atoms with Gasteiger partial charge >= 0.3 is 0 Å². The molecule has 0 aromatic carbocycles. The van der Waals surface area contributed by atoms with Crippen LogP contribution in [0.25, 0.3) is 0 Å². The highest BCUT2D eigenvalue weighted by molar-refractivity contribution is 7.98. The highest BCUT2D eigenvalue weighted by Gasteiger charge is 2.14. The number of anilines is 2. The Hall–Kier alpha value is -1.01. The van der Waals surface area contributed by atoms with Gasteiger partial charge in [0, 0.05) is 19.2 Å². The van der Waals surface area contributed by atoms with Gasteiger partial charge in [-0.3, -0.25) is 0 Å². The molecule has 2 N–H and O–H groups in total. The van der Waals surface area contributed by atoms with E-state index in [-0.39, 0.29) is 0 Å². The molecule has 1 aliphatic rings. The lowest BCUT2D eigenvalue weighted by molar-refractivity contribution is 0.0875. The summed E-state index contributed by atoms with van der Waals surface area (Å²) in [5.41, 5.74) is 0. The second-order valence-electron chi connectivity index (χ2n) is 4.21. The van der Waals surface area contributed by atoms with Crippen LogP contribution in [0.1, 0.15) is 19.8 Å². The van der Waals surface area contributed by atoms with Crippen molar-refractivity contribution in [2.75, 3.05) is 36.6 Å². The average Bonchev–Trinajstić information content (AvgIpc) is 2.40. The zero-order valence-corrected chi connectivity index (χ0v) is 11.7. The van der Waals surface area contributed by atoms with Crippen LogP contribution in [0.15, 0.2) is 11.2 Å². The number of hydrogen-bond donors (Lipinski definition) is 2. The first-order chi connectivity index (χ1) is 8.81. The Morgan fingerprint density at radius 2 is 2.28 bits per heavy atom. The molecular weight excluding hydrogens is 248 g/mol. The summed E-state index contributed by atoms with van der Waals surface area (Å²) in [5, 5.41) is 7.43. The van der Waals surface area contributed by atoms with Gasteiger partial charge in [-0.05, 0) is 26.0 Å². The summed E-state index contributed by atoms with van der Waals surface area (Å²) in [6, 6.07) is 2.32. The molecule has 1 fully saturated rings. The molecule has 2 rings (SSSR count). The van der Waals surface area contributed by atoms with Crippen LogP contribution < -0.4 is 10.6 Å². The molecule has 1 aliphatic heterocycles. The summed E-state index contributed by atoms with van der Waals surface area (Å²) < 4.78 is 5.46. The van der Waals surface area contributed by atoms with E-state index in [4.69, 9.17) is 4.74 Å². The van der Waals surface area contributed by atoms with E-state index in [1.807, 2.05) is 12.3 Å². The minimum atomic E-state index is 0.359. The molecule has 0 aliphatic carbocycles. The van der Waals surface area contributed by atoms with Crippen molar-refractivity contribution in [3.8, 4) is 0 Å². The maximum Gasteiger partial charge on any atom is 0.191 e. The fourth-order valence-corrected chi connectivity index (χ4v) is 2.31. The second-order valence-corrected chi connectivity index (χ2v) is 4.99. The molecule has 1 saturated heterocycles. The van der Waals surface area contributed by atoms with Crippen molar-refractivity contribution in [2.24, 2.45) is 0 Å². The lowest BCUT2D eigenvalue weighted by Gasteiger charge is -2.23. The molecule has 0 saturated carbocycles. The van der Waals surface area contributed by atoms with Crippen molar-refractivity contribution >= 4 is 23.4 Å². The quantitative estimate of drug-likeness (QED) is 0.631. The summed E-state index contributed by atoms with van der Waals surface area (Å²) in [6.45, 7) is 4.55. The van der Waals surface area contributed by atoms with Crippen LogP contribution in [-0.4, -0.2) is 42.0 Å². The molecule has 0 amide bonds. The van der Waals surface area contributed by atoms with Crippen LogP contribution in [0, 0.1) is 0 Å². The number of thioether (sulfide) groups is 1. The van der Waals surface area contributed by atoms with E-state index >= 15 is 0 Å². The smallest absolute Gasteiger partial charge is 0.191 e. The largest absolute Gasteiger partial charge is 0.379 e. The molecule has 5 nitrogen and oxygen atoms in total. The van der Waals surface area contributed by atoms with Gasteiger partial charge in [-0.2, -0.15) is 0 Å². The van der Waals surface area contributed by atoms with Crippen molar-refractivity contribution in [1.29, 1.82) is 0 Å². The van der Waals surface area contributed by atoms with E-state index in [0.29, 0.717) is 6.04 Å². The Morgan fingerprint density at radius 3 is 2.94 bits per heavy atom. The van der Waals surface area contributed by atoms with E-state index in [9.17, 15) is 0 Å². The second kappa shape index (κ2) is 6.80. The number of rotatable bonds is 5. The van der Waals surface area contributed by atoms with Gasteiger partial charge in [0.2, 0.25) is 0 Å². The van der Waals surface area contributed by atoms with Crippen LogP contribution >= 0.6 is 11.8 Å². The van der Waals surface area contributed by atoms with Crippen molar-refractivity contribution < 1.29 is 4.74 Å². The van der Waals surface area contributed by atoms with Crippen LogP contribution in [0.5, 0.6) is 0 Å². The van der Waals surface area contributed by atoms with Crippen LogP contribution in [-0.2, 0) is 4.74 Å². The van der Waals surface area contributed by atoms with Gasteiger partial charge in [0.15, 0.2) is 5.16 Å². The topological polar surface area (TPSA) is 59.1 Å². The molecule has 100 valence electrons. The van der Waals surface area contributed by atoms with Gasteiger partial charge in [0.1, 0.15) is 11.6 Å². The van der Waals surface area contributed by atoms with Gasteiger partial charge in [-0.25, -0.2) is 9.97 Å². The Kier molecular flexibility index (Phi) is 5.07. The molecule has 6 heteroatoms. The van der Waals surface area contributed by atoms with Crippen molar-refractivity contribution in [1.82, 2.24) is 9.97 Å². The van der Waals surface area contributed by atoms with Crippen molar-refractivity contribution in [3.05, 3.63) is 6.07 Å². The zero-order chi connectivity index (χ0) is 12.8. The highest BCUT2D eigenvalue weighted by Crippen LogP contribution is 2.19. The lowest BCUT2D eigenvalue weighted by atomic mass is 10.1. The SMILES string of the molecule is CCNc1cc(NC2CCCOC2)nc(SC)n1. The number of hydrogen-bond acceptors (Lipinski definition) is 6. The van der Waals surface area contributed by atoms with E-state index in [2.05, 4.69) is 27.5 Å². The zero-order valence-electron chi connectivity index (χ0n) is 10.9. The molecular formula is C12H20N4OS. The predicted molar refractivity (Wildman–Crippen MR) is 75.4 cm³/mol. The Balaban J connectivity index is 2.07. The fraction of sp³-hybridized carbons (Fsp3) is 0.667. The Labute approximate surface area is 112 Å². The molecule has 0 radical (unpaired) electrons. The predicted octanol–water partition coefficient (Wildman–Crippen LogP) is 2.22. The molecule has 1 atom stereocenters.